The van der Waals surface area contributed by atoms with Crippen LogP contribution in [0.2, 0.25) is 0 Å². The Bertz CT molecular complexity index is 1000. The molecule has 0 saturated carbocycles. The van der Waals surface area contributed by atoms with Crippen LogP contribution in [0.4, 0.5) is 4.39 Å². The van der Waals surface area contributed by atoms with Crippen molar-refractivity contribution in [3.8, 4) is 0 Å². The van der Waals surface area contributed by atoms with Crippen LogP contribution in [0.15, 0.2) is 58.8 Å². The predicted octanol–water partition coefficient (Wildman–Crippen LogP) is 4.28. The Morgan fingerprint density at radius 2 is 2.11 bits per heavy atom. The average Bonchev–Trinajstić information content (AvgIpc) is 3.43. The van der Waals surface area contributed by atoms with Gasteiger partial charge >= 0.3 is 0 Å². The van der Waals surface area contributed by atoms with Crippen molar-refractivity contribution >= 4 is 22.7 Å². The molecule has 5 rings (SSSR count). The third-order valence-corrected chi connectivity index (χ3v) is 5.51. The molecular weight excluding hydrogens is 373 g/mol. The largest absolute Gasteiger partial charge is 0.328 e. The number of nitrogens with zero attached hydrogens (tertiary/aromatic N) is 5. The zero-order valence-corrected chi connectivity index (χ0v) is 16.8. The molecule has 0 atom stereocenters. The van der Waals surface area contributed by atoms with Crippen molar-refractivity contribution in [3.05, 3.63) is 75.9 Å². The summed E-state index contributed by atoms with van der Waals surface area (Å²) in [5, 5.41) is 7.56. The first-order valence-electron chi connectivity index (χ1n) is 9.28. The third-order valence-electron chi connectivity index (χ3n) is 4.74. The lowest BCUT2D eigenvalue weighted by Crippen LogP contribution is -2.31. The Morgan fingerprint density at radius 3 is 2.75 bits per heavy atom. The maximum absolute atomic E-state index is 12.2. The second kappa shape index (κ2) is 8.06. The van der Waals surface area contributed by atoms with E-state index in [9.17, 15) is 4.39 Å². The number of aryl methyl sites for hydroxylation is 2. The number of hydrogen-bond donors (Lipinski definition) is 0. The molecule has 0 amide bonds. The van der Waals surface area contributed by atoms with Gasteiger partial charge in [0, 0.05) is 42.6 Å². The van der Waals surface area contributed by atoms with Gasteiger partial charge in [-0.3, -0.25) is 9.67 Å². The number of amidine groups is 1. The van der Waals surface area contributed by atoms with E-state index in [4.69, 9.17) is 4.99 Å². The zero-order valence-electron chi connectivity index (χ0n) is 16.0. The lowest BCUT2D eigenvalue weighted by Gasteiger charge is -2.27. The predicted molar refractivity (Wildman–Crippen MR) is 111 cm³/mol. The van der Waals surface area contributed by atoms with Gasteiger partial charge in [0.25, 0.3) is 0 Å². The first-order chi connectivity index (χ1) is 13.6. The number of hydrogen-bond acceptors (Lipinski definition) is 5. The lowest BCUT2D eigenvalue weighted by atomic mass is 10.1. The molecule has 0 radical (unpaired) electrons. The first kappa shape index (κ1) is 18.6. The van der Waals surface area contributed by atoms with Gasteiger partial charge in [-0.1, -0.05) is 12.1 Å². The van der Waals surface area contributed by atoms with Gasteiger partial charge in [-0.15, -0.1) is 11.3 Å². The highest BCUT2D eigenvalue weighted by molar-refractivity contribution is 7.11. The minimum absolute atomic E-state index is 0.162. The number of aromatic nitrogens is 3. The minimum atomic E-state index is -0.162. The summed E-state index contributed by atoms with van der Waals surface area (Å²) in [5.74, 6) is 0.872. The van der Waals surface area contributed by atoms with E-state index in [0.717, 1.165) is 35.1 Å². The van der Waals surface area contributed by atoms with Crippen molar-refractivity contribution in [1.82, 2.24) is 19.7 Å². The minimum Gasteiger partial charge on any atom is -0.328 e. The van der Waals surface area contributed by atoms with Crippen molar-refractivity contribution in [1.29, 1.82) is 0 Å². The summed E-state index contributed by atoms with van der Waals surface area (Å²) in [6, 6.07) is 8.57. The van der Waals surface area contributed by atoms with Crippen molar-refractivity contribution in [2.45, 2.75) is 19.8 Å². The van der Waals surface area contributed by atoms with Crippen LogP contribution in [0, 0.1) is 12.7 Å². The molecule has 1 aromatic carbocycles. The van der Waals surface area contributed by atoms with Gasteiger partial charge in [-0.2, -0.15) is 5.10 Å². The normalized spacial score (nSPS) is 15.8. The van der Waals surface area contributed by atoms with Crippen LogP contribution in [0.1, 0.15) is 29.1 Å². The summed E-state index contributed by atoms with van der Waals surface area (Å²) < 4.78 is 14.0. The van der Waals surface area contributed by atoms with Crippen LogP contribution < -0.4 is 0 Å². The maximum atomic E-state index is 12.2. The molecule has 3 aromatic rings. The van der Waals surface area contributed by atoms with E-state index in [1.807, 2.05) is 42.5 Å². The van der Waals surface area contributed by atoms with Crippen molar-refractivity contribution in [2.75, 3.05) is 13.1 Å². The van der Waals surface area contributed by atoms with E-state index >= 15 is 0 Å². The van der Waals surface area contributed by atoms with Gasteiger partial charge in [-0.05, 0) is 43.5 Å². The summed E-state index contributed by atoms with van der Waals surface area (Å²) in [4.78, 5) is 11.5. The molecule has 4 heterocycles. The molecule has 1 saturated heterocycles. The third kappa shape index (κ3) is 3.89. The summed E-state index contributed by atoms with van der Waals surface area (Å²) in [5.41, 5.74) is 4.66. The molecule has 7 heteroatoms. The van der Waals surface area contributed by atoms with Crippen LogP contribution in [-0.2, 0) is 7.05 Å². The summed E-state index contributed by atoms with van der Waals surface area (Å²) in [7, 11) is 1.95. The Hall–Kier alpha value is -2.80. The number of benzene rings is 1. The van der Waals surface area contributed by atoms with Gasteiger partial charge in [0.15, 0.2) is 10.8 Å². The monoisotopic (exact) mass is 395 g/mol. The number of thiazole rings is 1. The molecule has 144 valence electrons. The molecule has 5 nitrogen and oxygen atoms in total. The fraction of sp³-hybridized carbons (Fsp3) is 0.286. The highest BCUT2D eigenvalue weighted by Crippen LogP contribution is 2.34. The summed E-state index contributed by atoms with van der Waals surface area (Å²) in [6.07, 6.45) is 6.12. The van der Waals surface area contributed by atoms with Crippen LogP contribution in [0.5, 0.6) is 0 Å². The van der Waals surface area contributed by atoms with Gasteiger partial charge in [0.2, 0.25) is 0 Å². The quantitative estimate of drug-likeness (QED) is 0.651. The zero-order chi connectivity index (χ0) is 19.5. The van der Waals surface area contributed by atoms with E-state index < -0.39 is 0 Å². The van der Waals surface area contributed by atoms with Crippen molar-refractivity contribution < 1.29 is 4.39 Å². The number of aliphatic imine (C=N–C) groups is 1. The van der Waals surface area contributed by atoms with E-state index in [-0.39, 0.29) is 5.82 Å². The summed E-state index contributed by atoms with van der Waals surface area (Å²) >= 11 is 1.65. The fourth-order valence-electron chi connectivity index (χ4n) is 3.48. The maximum Gasteiger partial charge on any atom is 0.165 e. The molecule has 0 aliphatic carbocycles. The molecule has 0 N–H and O–H groups in total. The first-order valence-corrected chi connectivity index (χ1v) is 10.2. The average molecular weight is 396 g/mol. The molecule has 2 aliphatic heterocycles. The summed E-state index contributed by atoms with van der Waals surface area (Å²) in [6.45, 7) is 3.60. The smallest absolute Gasteiger partial charge is 0.165 e. The number of halogens is 1. The SMILES string of the molecule is Cc1cccc(F)c1.Cn1ccc(C2=C3CCCN3C(c3nccs3)=NC2)n1. The highest BCUT2D eigenvalue weighted by atomic mass is 32.1. The number of rotatable bonds is 2. The Morgan fingerprint density at radius 1 is 1.21 bits per heavy atom. The van der Waals surface area contributed by atoms with Gasteiger partial charge in [0.05, 0.1) is 12.2 Å². The molecule has 1 fully saturated rings. The van der Waals surface area contributed by atoms with Crippen LogP contribution in [-0.4, -0.2) is 38.6 Å². The molecule has 28 heavy (non-hydrogen) atoms. The fourth-order valence-corrected chi connectivity index (χ4v) is 4.13. The van der Waals surface area contributed by atoms with Crippen LogP contribution >= 0.6 is 11.3 Å². The molecule has 0 unspecified atom stereocenters. The van der Waals surface area contributed by atoms with E-state index in [1.54, 1.807) is 17.4 Å². The molecular formula is C21H22FN5S. The molecule has 2 aliphatic rings. The Balaban J connectivity index is 0.000000203. The van der Waals surface area contributed by atoms with Crippen LogP contribution in [0.25, 0.3) is 5.57 Å². The van der Waals surface area contributed by atoms with E-state index in [0.29, 0.717) is 6.54 Å². The Labute approximate surface area is 167 Å². The molecule has 0 bridgehead atoms. The standard InChI is InChI=1S/C14H15N5S.C7H7F/c1-18-7-4-11(17-18)10-9-16-13(14-15-5-8-20-14)19-6-2-3-12(10)19;1-6-3-2-4-7(8)5-6/h4-5,7-8H,2-3,6,9H2,1H3;2-5H,1H3. The second-order valence-corrected chi connectivity index (χ2v) is 7.73. The van der Waals surface area contributed by atoms with Gasteiger partial charge in [0.1, 0.15) is 5.82 Å². The van der Waals surface area contributed by atoms with Gasteiger partial charge < -0.3 is 4.90 Å². The highest BCUT2D eigenvalue weighted by Gasteiger charge is 2.31. The van der Waals surface area contributed by atoms with Crippen molar-refractivity contribution in [2.24, 2.45) is 12.0 Å². The number of allylic oxidation sites excluding steroid dienone is 1. The second-order valence-electron chi connectivity index (χ2n) is 6.83. The topological polar surface area (TPSA) is 46.3 Å². The van der Waals surface area contributed by atoms with Gasteiger partial charge in [-0.25, -0.2) is 9.37 Å². The van der Waals surface area contributed by atoms with E-state index in [1.165, 1.54) is 29.8 Å². The number of fused-ring (bicyclic) bond motifs is 1. The molecule has 2 aromatic heterocycles. The van der Waals surface area contributed by atoms with E-state index in [2.05, 4.69) is 21.0 Å². The molecule has 0 spiro atoms. The van der Waals surface area contributed by atoms with Crippen LogP contribution in [0.3, 0.4) is 0 Å². The lowest BCUT2D eigenvalue weighted by molar-refractivity contribution is 0.579. The Kier molecular flexibility index (Phi) is 5.34. The van der Waals surface area contributed by atoms with Crippen molar-refractivity contribution in [3.63, 3.8) is 0 Å².